The Kier molecular flexibility index (Phi) is 4.88. The lowest BCUT2D eigenvalue weighted by molar-refractivity contribution is 0.102. The first-order chi connectivity index (χ1) is 13.6. The van der Waals surface area contributed by atoms with Crippen molar-refractivity contribution < 1.29 is 4.79 Å². The zero-order valence-electron chi connectivity index (χ0n) is 15.7. The minimum absolute atomic E-state index is 0.250. The quantitative estimate of drug-likeness (QED) is 0.469. The summed E-state index contributed by atoms with van der Waals surface area (Å²) in [4.78, 5) is 17.1. The highest BCUT2D eigenvalue weighted by molar-refractivity contribution is 6.34. The second-order valence-corrected chi connectivity index (χ2v) is 7.12. The van der Waals surface area contributed by atoms with Gasteiger partial charge in [0.05, 0.1) is 28.2 Å². The van der Waals surface area contributed by atoms with Gasteiger partial charge in [-0.25, -0.2) is 4.98 Å². The van der Waals surface area contributed by atoms with E-state index in [1.807, 2.05) is 6.07 Å². The molecule has 5 heteroatoms. The van der Waals surface area contributed by atoms with Crippen molar-refractivity contribution in [2.75, 3.05) is 5.32 Å². The molecule has 0 unspecified atom stereocenters. The summed E-state index contributed by atoms with van der Waals surface area (Å²) in [7, 11) is 0. The van der Waals surface area contributed by atoms with E-state index < -0.39 is 0 Å². The lowest BCUT2D eigenvalue weighted by Crippen LogP contribution is -2.12. The lowest BCUT2D eigenvalue weighted by atomic mass is 10.1. The molecule has 140 valence electrons. The number of anilines is 1. The second-order valence-electron chi connectivity index (χ2n) is 6.71. The van der Waals surface area contributed by atoms with E-state index in [1.165, 1.54) is 5.56 Å². The Hall–Kier alpha value is -3.11. The zero-order chi connectivity index (χ0) is 19.7. The van der Waals surface area contributed by atoms with Gasteiger partial charge in [-0.1, -0.05) is 53.6 Å². The van der Waals surface area contributed by atoms with E-state index in [2.05, 4.69) is 59.0 Å². The molecule has 2 heterocycles. The maximum atomic E-state index is 12.5. The molecule has 28 heavy (non-hydrogen) atoms. The molecule has 0 aliphatic heterocycles. The largest absolute Gasteiger partial charge is 0.326 e. The molecule has 0 bridgehead atoms. The average molecular weight is 390 g/mol. The van der Waals surface area contributed by atoms with Gasteiger partial charge in [-0.05, 0) is 43.7 Å². The van der Waals surface area contributed by atoms with Crippen molar-refractivity contribution in [1.29, 1.82) is 0 Å². The van der Waals surface area contributed by atoms with Gasteiger partial charge in [0.1, 0.15) is 5.65 Å². The van der Waals surface area contributed by atoms with E-state index in [1.54, 1.807) is 30.5 Å². The zero-order valence-corrected chi connectivity index (χ0v) is 16.5. The molecule has 0 spiro atoms. The van der Waals surface area contributed by atoms with Crippen LogP contribution >= 0.6 is 11.6 Å². The van der Waals surface area contributed by atoms with Gasteiger partial charge in [0.15, 0.2) is 0 Å². The summed E-state index contributed by atoms with van der Waals surface area (Å²) < 4.78 is 2.18. The molecule has 4 nitrogen and oxygen atoms in total. The molecule has 0 aliphatic rings. The number of carbonyl (C=O) groups excluding carboxylic acids is 1. The van der Waals surface area contributed by atoms with Crippen LogP contribution < -0.4 is 5.32 Å². The first kappa shape index (κ1) is 18.3. The molecule has 1 N–H and O–H groups in total. The Balaban J connectivity index is 1.70. The number of aryl methyl sites for hydroxylation is 2. The van der Waals surface area contributed by atoms with E-state index >= 15 is 0 Å². The van der Waals surface area contributed by atoms with Crippen LogP contribution in [-0.4, -0.2) is 15.5 Å². The van der Waals surface area contributed by atoms with Crippen LogP contribution in [-0.2, 0) is 6.54 Å². The molecule has 1 amide bonds. The maximum Gasteiger partial charge on any atom is 0.257 e. The molecule has 0 atom stereocenters. The smallest absolute Gasteiger partial charge is 0.257 e. The van der Waals surface area contributed by atoms with E-state index in [0.29, 0.717) is 16.3 Å². The minimum atomic E-state index is -0.250. The highest BCUT2D eigenvalue weighted by Crippen LogP contribution is 2.29. The summed E-state index contributed by atoms with van der Waals surface area (Å²) >= 11 is 6.12. The van der Waals surface area contributed by atoms with Gasteiger partial charge < -0.3 is 9.88 Å². The van der Waals surface area contributed by atoms with Crippen molar-refractivity contribution in [2.45, 2.75) is 20.4 Å². The Morgan fingerprint density at radius 1 is 1.11 bits per heavy atom. The summed E-state index contributed by atoms with van der Waals surface area (Å²) in [5.74, 6) is -0.250. The van der Waals surface area contributed by atoms with Crippen LogP contribution in [0.2, 0.25) is 5.02 Å². The minimum Gasteiger partial charge on any atom is -0.326 e. The molecule has 0 fully saturated rings. The first-order valence-corrected chi connectivity index (χ1v) is 9.57. The fourth-order valence-electron chi connectivity index (χ4n) is 3.34. The topological polar surface area (TPSA) is 46.9 Å². The van der Waals surface area contributed by atoms with Crippen LogP contribution in [0.1, 0.15) is 22.8 Å². The fourth-order valence-corrected chi connectivity index (χ4v) is 3.56. The number of carbonyl (C=O) groups is 1. The van der Waals surface area contributed by atoms with E-state index in [9.17, 15) is 4.79 Å². The summed E-state index contributed by atoms with van der Waals surface area (Å²) in [6.45, 7) is 4.99. The predicted octanol–water partition coefficient (Wildman–Crippen LogP) is 5.94. The average Bonchev–Trinajstić information content (AvgIpc) is 3.06. The SMILES string of the molecule is CCn1c(-c2ccc(C)cc2)cc2cc(NC(=O)c3ccccc3Cl)cnc21. The third-order valence-electron chi connectivity index (χ3n) is 4.77. The molecule has 2 aromatic carbocycles. The van der Waals surface area contributed by atoms with Gasteiger partial charge in [0, 0.05) is 11.9 Å². The standard InChI is InChI=1S/C23H20ClN3O/c1-3-27-21(16-10-8-15(2)9-11-16)13-17-12-18(14-25-22(17)27)26-23(28)19-6-4-5-7-20(19)24/h4-14H,3H2,1-2H3,(H,26,28). The number of nitrogens with one attached hydrogen (secondary N) is 1. The molecule has 0 saturated heterocycles. The van der Waals surface area contributed by atoms with Gasteiger partial charge in [0.2, 0.25) is 0 Å². The van der Waals surface area contributed by atoms with Crippen LogP contribution in [0.25, 0.3) is 22.3 Å². The molecule has 0 radical (unpaired) electrons. The molecular formula is C23H20ClN3O. The van der Waals surface area contributed by atoms with Gasteiger partial charge in [-0.3, -0.25) is 4.79 Å². The molecule has 2 aromatic heterocycles. The molecule has 0 saturated carbocycles. The number of hydrogen-bond donors (Lipinski definition) is 1. The third-order valence-corrected chi connectivity index (χ3v) is 5.10. The van der Waals surface area contributed by atoms with Crippen LogP contribution in [0.3, 0.4) is 0 Å². The summed E-state index contributed by atoms with van der Waals surface area (Å²) in [5, 5.41) is 4.29. The predicted molar refractivity (Wildman–Crippen MR) is 115 cm³/mol. The second kappa shape index (κ2) is 7.49. The Morgan fingerprint density at radius 2 is 1.86 bits per heavy atom. The van der Waals surface area contributed by atoms with Crippen LogP contribution in [0.15, 0.2) is 66.9 Å². The molecule has 4 rings (SSSR count). The molecule has 4 aromatic rings. The van der Waals surface area contributed by atoms with Crippen molar-refractivity contribution in [1.82, 2.24) is 9.55 Å². The monoisotopic (exact) mass is 389 g/mol. The van der Waals surface area contributed by atoms with Crippen LogP contribution in [0.5, 0.6) is 0 Å². The van der Waals surface area contributed by atoms with Crippen molar-refractivity contribution in [3.05, 3.63) is 83.0 Å². The van der Waals surface area contributed by atoms with Gasteiger partial charge in [-0.15, -0.1) is 0 Å². The number of pyridine rings is 1. The molecule has 0 aliphatic carbocycles. The van der Waals surface area contributed by atoms with Gasteiger partial charge >= 0.3 is 0 Å². The van der Waals surface area contributed by atoms with Crippen LogP contribution in [0.4, 0.5) is 5.69 Å². The van der Waals surface area contributed by atoms with Crippen molar-refractivity contribution in [3.63, 3.8) is 0 Å². The number of benzene rings is 2. The van der Waals surface area contributed by atoms with Crippen molar-refractivity contribution >= 4 is 34.2 Å². The number of rotatable bonds is 4. The van der Waals surface area contributed by atoms with E-state index in [-0.39, 0.29) is 5.91 Å². The Morgan fingerprint density at radius 3 is 2.57 bits per heavy atom. The summed E-state index contributed by atoms with van der Waals surface area (Å²) in [5.41, 5.74) is 5.46. The number of hydrogen-bond acceptors (Lipinski definition) is 2. The van der Waals surface area contributed by atoms with Crippen LogP contribution in [0, 0.1) is 6.92 Å². The number of halogens is 1. The van der Waals surface area contributed by atoms with Gasteiger partial charge in [-0.2, -0.15) is 0 Å². The number of aromatic nitrogens is 2. The number of fused-ring (bicyclic) bond motifs is 1. The Labute approximate surface area is 168 Å². The summed E-state index contributed by atoms with van der Waals surface area (Å²) in [6.07, 6.45) is 1.68. The normalized spacial score (nSPS) is 11.0. The van der Waals surface area contributed by atoms with Crippen molar-refractivity contribution in [3.8, 4) is 11.3 Å². The maximum absolute atomic E-state index is 12.5. The summed E-state index contributed by atoms with van der Waals surface area (Å²) in [6, 6.07) is 19.5. The van der Waals surface area contributed by atoms with E-state index in [0.717, 1.165) is 28.8 Å². The highest BCUT2D eigenvalue weighted by Gasteiger charge is 2.14. The van der Waals surface area contributed by atoms with E-state index in [4.69, 9.17) is 11.6 Å². The lowest BCUT2D eigenvalue weighted by Gasteiger charge is -2.09. The molecular weight excluding hydrogens is 370 g/mol. The van der Waals surface area contributed by atoms with Gasteiger partial charge in [0.25, 0.3) is 5.91 Å². The fraction of sp³-hybridized carbons (Fsp3) is 0.130. The Bertz CT molecular complexity index is 1160. The van der Waals surface area contributed by atoms with Crippen molar-refractivity contribution in [2.24, 2.45) is 0 Å². The highest BCUT2D eigenvalue weighted by atomic mass is 35.5. The first-order valence-electron chi connectivity index (χ1n) is 9.19. The number of nitrogens with zero attached hydrogens (tertiary/aromatic N) is 2. The number of amides is 1. The third kappa shape index (κ3) is 3.39.